The Morgan fingerprint density at radius 1 is 1.14 bits per heavy atom. The van der Waals surface area contributed by atoms with Crippen molar-refractivity contribution in [2.75, 3.05) is 18.5 Å². The number of hydrogen-bond donors (Lipinski definition) is 1. The molecule has 21 heavy (non-hydrogen) atoms. The molecule has 1 aliphatic heterocycles. The molecular weight excluding hydrogens is 337 g/mol. The molecule has 1 N–H and O–H groups in total. The van der Waals surface area contributed by atoms with Crippen LogP contribution in [-0.2, 0) is 6.54 Å². The van der Waals surface area contributed by atoms with Gasteiger partial charge >= 0.3 is 0 Å². The SMILES string of the molecule is Cc1cc(F)c(Br)cc1NCc1ccc2c(c1)OCCO2. The zero-order chi connectivity index (χ0) is 14.8. The van der Waals surface area contributed by atoms with E-state index < -0.39 is 0 Å². The first-order chi connectivity index (χ1) is 10.1. The maximum atomic E-state index is 13.4. The van der Waals surface area contributed by atoms with Gasteiger partial charge in [-0.3, -0.25) is 0 Å². The van der Waals surface area contributed by atoms with Gasteiger partial charge in [-0.25, -0.2) is 4.39 Å². The number of anilines is 1. The van der Waals surface area contributed by atoms with Gasteiger partial charge in [0.05, 0.1) is 4.47 Å². The first-order valence-electron chi connectivity index (χ1n) is 6.71. The van der Waals surface area contributed by atoms with Crippen LogP contribution in [0.2, 0.25) is 0 Å². The van der Waals surface area contributed by atoms with E-state index in [0.717, 1.165) is 28.3 Å². The lowest BCUT2D eigenvalue weighted by molar-refractivity contribution is 0.171. The van der Waals surface area contributed by atoms with E-state index in [0.29, 0.717) is 24.2 Å². The van der Waals surface area contributed by atoms with Gasteiger partial charge in [0.25, 0.3) is 0 Å². The summed E-state index contributed by atoms with van der Waals surface area (Å²) in [6.07, 6.45) is 0. The highest BCUT2D eigenvalue weighted by Gasteiger charge is 2.12. The third-order valence-corrected chi connectivity index (χ3v) is 3.96. The van der Waals surface area contributed by atoms with E-state index in [2.05, 4.69) is 21.2 Å². The third-order valence-electron chi connectivity index (χ3n) is 3.36. The van der Waals surface area contributed by atoms with Gasteiger partial charge in [-0.1, -0.05) is 6.07 Å². The van der Waals surface area contributed by atoms with Crippen LogP contribution in [0.4, 0.5) is 10.1 Å². The zero-order valence-electron chi connectivity index (χ0n) is 11.6. The Bertz CT molecular complexity index is 676. The van der Waals surface area contributed by atoms with Crippen molar-refractivity contribution in [2.24, 2.45) is 0 Å². The van der Waals surface area contributed by atoms with E-state index in [9.17, 15) is 4.39 Å². The van der Waals surface area contributed by atoms with Crippen LogP contribution < -0.4 is 14.8 Å². The van der Waals surface area contributed by atoms with Crippen molar-refractivity contribution >= 4 is 21.6 Å². The summed E-state index contributed by atoms with van der Waals surface area (Å²) in [5.74, 6) is 1.31. The van der Waals surface area contributed by atoms with Gasteiger partial charge in [0, 0.05) is 12.2 Å². The molecular formula is C16H15BrFNO2. The summed E-state index contributed by atoms with van der Waals surface area (Å²) in [6, 6.07) is 9.14. The smallest absolute Gasteiger partial charge is 0.161 e. The summed E-state index contributed by atoms with van der Waals surface area (Å²) in [4.78, 5) is 0. The second kappa shape index (κ2) is 5.93. The van der Waals surface area contributed by atoms with Gasteiger partial charge in [0.2, 0.25) is 0 Å². The highest BCUT2D eigenvalue weighted by molar-refractivity contribution is 9.10. The molecule has 0 amide bonds. The van der Waals surface area contributed by atoms with Crippen molar-refractivity contribution in [3.63, 3.8) is 0 Å². The van der Waals surface area contributed by atoms with E-state index in [1.807, 2.05) is 25.1 Å². The van der Waals surface area contributed by atoms with E-state index in [4.69, 9.17) is 9.47 Å². The molecule has 1 aliphatic rings. The summed E-state index contributed by atoms with van der Waals surface area (Å²) in [6.45, 7) is 3.68. The van der Waals surface area contributed by atoms with Crippen LogP contribution >= 0.6 is 15.9 Å². The molecule has 0 bridgehead atoms. The minimum Gasteiger partial charge on any atom is -0.486 e. The second-order valence-corrected chi connectivity index (χ2v) is 5.77. The topological polar surface area (TPSA) is 30.5 Å². The Labute approximate surface area is 131 Å². The molecule has 0 aromatic heterocycles. The number of halogens is 2. The average Bonchev–Trinajstić information content (AvgIpc) is 2.49. The monoisotopic (exact) mass is 351 g/mol. The van der Waals surface area contributed by atoms with Gasteiger partial charge in [0.1, 0.15) is 19.0 Å². The predicted octanol–water partition coefficient (Wildman–Crippen LogP) is 4.28. The zero-order valence-corrected chi connectivity index (χ0v) is 13.2. The molecule has 0 fully saturated rings. The van der Waals surface area contributed by atoms with Gasteiger partial charge in [-0.2, -0.15) is 0 Å². The normalized spacial score (nSPS) is 13.1. The third kappa shape index (κ3) is 3.13. The highest BCUT2D eigenvalue weighted by Crippen LogP contribution is 2.31. The fraction of sp³-hybridized carbons (Fsp3) is 0.250. The van der Waals surface area contributed by atoms with Crippen molar-refractivity contribution in [2.45, 2.75) is 13.5 Å². The highest BCUT2D eigenvalue weighted by atomic mass is 79.9. The van der Waals surface area contributed by atoms with E-state index in [-0.39, 0.29) is 5.82 Å². The van der Waals surface area contributed by atoms with Crippen molar-refractivity contribution in [3.8, 4) is 11.5 Å². The quantitative estimate of drug-likeness (QED) is 0.895. The molecule has 0 aliphatic carbocycles. The van der Waals surface area contributed by atoms with E-state index in [1.165, 1.54) is 6.07 Å². The van der Waals surface area contributed by atoms with Gasteiger partial charge in [-0.15, -0.1) is 0 Å². The Morgan fingerprint density at radius 3 is 2.71 bits per heavy atom. The number of hydrogen-bond acceptors (Lipinski definition) is 3. The number of benzene rings is 2. The van der Waals surface area contributed by atoms with Gasteiger partial charge < -0.3 is 14.8 Å². The van der Waals surface area contributed by atoms with Crippen molar-refractivity contribution in [1.29, 1.82) is 0 Å². The lowest BCUT2D eigenvalue weighted by Gasteiger charge is -2.19. The fourth-order valence-corrected chi connectivity index (χ4v) is 2.58. The Morgan fingerprint density at radius 2 is 1.90 bits per heavy atom. The number of nitrogens with one attached hydrogen (secondary N) is 1. The van der Waals surface area contributed by atoms with Crippen molar-refractivity contribution in [3.05, 3.63) is 51.7 Å². The number of aryl methyl sites for hydroxylation is 1. The first kappa shape index (κ1) is 14.2. The molecule has 3 nitrogen and oxygen atoms in total. The van der Waals surface area contributed by atoms with Crippen LogP contribution in [0.1, 0.15) is 11.1 Å². The fourth-order valence-electron chi connectivity index (χ4n) is 2.23. The molecule has 3 rings (SSSR count). The molecule has 2 aromatic rings. The molecule has 110 valence electrons. The maximum Gasteiger partial charge on any atom is 0.161 e. The first-order valence-corrected chi connectivity index (χ1v) is 7.51. The second-order valence-electron chi connectivity index (χ2n) is 4.91. The standard InChI is InChI=1S/C16H15BrFNO2/c1-10-6-13(18)12(17)8-14(10)19-9-11-2-3-15-16(7-11)21-5-4-20-15/h2-3,6-8,19H,4-5,9H2,1H3. The van der Waals surface area contributed by atoms with E-state index in [1.54, 1.807) is 6.07 Å². The van der Waals surface area contributed by atoms with Crippen LogP contribution in [-0.4, -0.2) is 13.2 Å². The predicted molar refractivity (Wildman–Crippen MR) is 83.6 cm³/mol. The molecule has 0 atom stereocenters. The van der Waals surface area contributed by atoms with Crippen LogP contribution in [0.3, 0.4) is 0 Å². The molecule has 1 heterocycles. The van der Waals surface area contributed by atoms with Gasteiger partial charge in [-0.05, 0) is 58.2 Å². The molecule has 0 saturated heterocycles. The number of fused-ring (bicyclic) bond motifs is 1. The van der Waals surface area contributed by atoms with Crippen LogP contribution in [0.5, 0.6) is 11.5 Å². The molecule has 0 unspecified atom stereocenters. The van der Waals surface area contributed by atoms with Crippen molar-refractivity contribution < 1.29 is 13.9 Å². The maximum absolute atomic E-state index is 13.4. The number of rotatable bonds is 3. The van der Waals surface area contributed by atoms with Crippen LogP contribution in [0, 0.1) is 12.7 Å². The van der Waals surface area contributed by atoms with Gasteiger partial charge in [0.15, 0.2) is 11.5 Å². The minimum absolute atomic E-state index is 0.252. The Hall–Kier alpha value is -1.75. The average molecular weight is 352 g/mol. The molecule has 0 spiro atoms. The lowest BCUT2D eigenvalue weighted by atomic mass is 10.1. The minimum atomic E-state index is -0.252. The molecule has 5 heteroatoms. The van der Waals surface area contributed by atoms with Crippen LogP contribution in [0.15, 0.2) is 34.8 Å². The molecule has 2 aromatic carbocycles. The van der Waals surface area contributed by atoms with Crippen LogP contribution in [0.25, 0.3) is 0 Å². The molecule has 0 saturated carbocycles. The summed E-state index contributed by atoms with van der Waals surface area (Å²) < 4.78 is 24.9. The lowest BCUT2D eigenvalue weighted by Crippen LogP contribution is -2.15. The van der Waals surface area contributed by atoms with Crippen molar-refractivity contribution in [1.82, 2.24) is 0 Å². The largest absolute Gasteiger partial charge is 0.486 e. The summed E-state index contributed by atoms with van der Waals surface area (Å²) in [5, 5.41) is 3.31. The summed E-state index contributed by atoms with van der Waals surface area (Å²) >= 11 is 3.20. The number of ether oxygens (including phenoxy) is 2. The summed E-state index contributed by atoms with van der Waals surface area (Å²) in [5.41, 5.74) is 2.85. The van der Waals surface area contributed by atoms with E-state index >= 15 is 0 Å². The summed E-state index contributed by atoms with van der Waals surface area (Å²) in [7, 11) is 0. The molecule has 0 radical (unpaired) electrons. The Balaban J connectivity index is 1.74. The Kier molecular flexibility index (Phi) is 4.01.